The topological polar surface area (TPSA) is 103 Å². The molecule has 3 heterocycles. The maximum Gasteiger partial charge on any atom is 0.333 e. The molecule has 2 aliphatic rings. The van der Waals surface area contributed by atoms with E-state index < -0.39 is 11.2 Å². The van der Waals surface area contributed by atoms with Crippen LogP contribution < -0.4 is 26.8 Å². The lowest BCUT2D eigenvalue weighted by atomic mass is 10.1. The van der Waals surface area contributed by atoms with Crippen LogP contribution in [0.4, 0.5) is 17.2 Å². The molecule has 0 radical (unpaired) electrons. The molecule has 4 rings (SSSR count). The van der Waals surface area contributed by atoms with E-state index in [9.17, 15) is 14.4 Å². The lowest BCUT2D eigenvalue weighted by Gasteiger charge is -2.30. The highest BCUT2D eigenvalue weighted by atomic mass is 16.5. The molecule has 1 aromatic heterocycles. The first kappa shape index (κ1) is 21.2. The minimum absolute atomic E-state index is 0.0361. The predicted octanol–water partition coefficient (Wildman–Crippen LogP) is 0.817. The van der Waals surface area contributed by atoms with Gasteiger partial charge in [0.25, 0.3) is 5.56 Å². The highest BCUT2D eigenvalue weighted by molar-refractivity contribution is 5.96. The van der Waals surface area contributed by atoms with E-state index in [4.69, 9.17) is 10.5 Å². The molecule has 9 heteroatoms. The number of rotatable bonds is 5. The van der Waals surface area contributed by atoms with Crippen LogP contribution >= 0.6 is 0 Å². The van der Waals surface area contributed by atoms with Crippen molar-refractivity contribution in [3.63, 3.8) is 0 Å². The fourth-order valence-electron chi connectivity index (χ4n) is 4.52. The molecule has 31 heavy (non-hydrogen) atoms. The molecule has 9 nitrogen and oxygen atoms in total. The molecule has 1 fully saturated rings. The monoisotopic (exact) mass is 427 g/mol. The van der Waals surface area contributed by atoms with Gasteiger partial charge in [0.15, 0.2) is 0 Å². The first-order valence-corrected chi connectivity index (χ1v) is 10.8. The van der Waals surface area contributed by atoms with Crippen molar-refractivity contribution >= 4 is 23.1 Å². The molecule has 0 saturated carbocycles. The second-order valence-corrected chi connectivity index (χ2v) is 8.10. The summed E-state index contributed by atoms with van der Waals surface area (Å²) < 4.78 is 7.83. The van der Waals surface area contributed by atoms with E-state index in [0.717, 1.165) is 22.2 Å². The summed E-state index contributed by atoms with van der Waals surface area (Å²) in [6.07, 6.45) is 1.42. The van der Waals surface area contributed by atoms with Crippen molar-refractivity contribution in [2.24, 2.45) is 0 Å². The Kier molecular flexibility index (Phi) is 5.86. The molecule has 2 N–H and O–H groups in total. The third-order valence-corrected chi connectivity index (χ3v) is 5.99. The minimum atomic E-state index is -0.546. The van der Waals surface area contributed by atoms with Crippen molar-refractivity contribution < 1.29 is 9.53 Å². The molecule has 166 valence electrons. The van der Waals surface area contributed by atoms with Gasteiger partial charge in [-0.05, 0) is 31.4 Å². The third-order valence-electron chi connectivity index (χ3n) is 5.99. The first-order chi connectivity index (χ1) is 14.9. The van der Waals surface area contributed by atoms with Gasteiger partial charge < -0.3 is 20.3 Å². The average molecular weight is 428 g/mol. The Labute approximate surface area is 180 Å². The first-order valence-electron chi connectivity index (χ1n) is 10.8. The van der Waals surface area contributed by atoms with Crippen molar-refractivity contribution in [3.8, 4) is 0 Å². The normalized spacial score (nSPS) is 18.3. The molecular weight excluding hydrogens is 398 g/mol. The maximum atomic E-state index is 13.4. The average Bonchev–Trinajstić information content (AvgIpc) is 3.10. The molecule has 0 spiro atoms. The number of amides is 1. The van der Waals surface area contributed by atoms with Gasteiger partial charge in [0.1, 0.15) is 18.1 Å². The molecule has 1 atom stereocenters. The van der Waals surface area contributed by atoms with Crippen LogP contribution in [-0.4, -0.2) is 47.4 Å². The van der Waals surface area contributed by atoms with Crippen LogP contribution in [0.15, 0.2) is 33.9 Å². The summed E-state index contributed by atoms with van der Waals surface area (Å²) >= 11 is 0. The number of ether oxygens (including phenoxy) is 1. The van der Waals surface area contributed by atoms with Crippen LogP contribution in [0.1, 0.15) is 25.8 Å². The van der Waals surface area contributed by atoms with Crippen molar-refractivity contribution in [1.29, 1.82) is 0 Å². The standard InChI is InChI=1S/C22H29N5O4/c1-3-8-25-20(23)19(24-9-11-31-12-10-24)21(29)26(22(25)30)14-18(28)27-15(2)13-16-6-4-5-7-17(16)27/h4-7,15H,3,8-14,23H2,1-2H3/t15-/m1/s1. The minimum Gasteiger partial charge on any atom is -0.383 e. The predicted molar refractivity (Wildman–Crippen MR) is 120 cm³/mol. The van der Waals surface area contributed by atoms with Crippen LogP contribution in [0.3, 0.4) is 0 Å². The zero-order valence-corrected chi connectivity index (χ0v) is 18.0. The number of hydrogen-bond donors (Lipinski definition) is 1. The fourth-order valence-corrected chi connectivity index (χ4v) is 4.52. The molecule has 2 aromatic rings. The number of carbonyl (C=O) groups excluding carboxylic acids is 1. The number of fused-ring (bicyclic) bond motifs is 1. The van der Waals surface area contributed by atoms with Gasteiger partial charge in [0.2, 0.25) is 5.91 Å². The van der Waals surface area contributed by atoms with E-state index in [1.54, 1.807) is 4.90 Å². The molecule has 1 aromatic carbocycles. The quantitative estimate of drug-likeness (QED) is 0.758. The van der Waals surface area contributed by atoms with Crippen LogP contribution in [-0.2, 0) is 29.0 Å². The van der Waals surface area contributed by atoms with Crippen LogP contribution in [0.5, 0.6) is 0 Å². The smallest absolute Gasteiger partial charge is 0.333 e. The SMILES string of the molecule is CCCn1c(N)c(N2CCOCC2)c(=O)n(CC(=O)N2c3ccccc3C[C@H]2C)c1=O. The molecule has 0 bridgehead atoms. The molecule has 2 aliphatic heterocycles. The Morgan fingerprint density at radius 1 is 1.16 bits per heavy atom. The second kappa shape index (κ2) is 8.58. The van der Waals surface area contributed by atoms with Crippen molar-refractivity contribution in [3.05, 3.63) is 50.7 Å². The van der Waals surface area contributed by atoms with Gasteiger partial charge in [-0.2, -0.15) is 0 Å². The Bertz CT molecular complexity index is 1100. The summed E-state index contributed by atoms with van der Waals surface area (Å²) in [5.74, 6) is -0.125. The summed E-state index contributed by atoms with van der Waals surface area (Å²) in [7, 11) is 0. The maximum absolute atomic E-state index is 13.4. The molecular formula is C22H29N5O4. The number of nitrogens with two attached hydrogens (primary N) is 1. The lowest BCUT2D eigenvalue weighted by molar-refractivity contribution is -0.119. The van der Waals surface area contributed by atoms with Gasteiger partial charge in [-0.1, -0.05) is 25.1 Å². The molecule has 1 amide bonds. The zero-order chi connectivity index (χ0) is 22.1. The summed E-state index contributed by atoms with van der Waals surface area (Å²) in [4.78, 5) is 43.3. The van der Waals surface area contributed by atoms with E-state index in [0.29, 0.717) is 39.3 Å². The van der Waals surface area contributed by atoms with Crippen LogP contribution in [0.2, 0.25) is 0 Å². The summed E-state index contributed by atoms with van der Waals surface area (Å²) in [6.45, 7) is 5.93. The van der Waals surface area contributed by atoms with Gasteiger partial charge in [-0.25, -0.2) is 9.36 Å². The molecule has 0 unspecified atom stereocenters. The largest absolute Gasteiger partial charge is 0.383 e. The van der Waals surface area contributed by atoms with E-state index in [-0.39, 0.29) is 30.0 Å². The number of nitrogens with zero attached hydrogens (tertiary/aromatic N) is 4. The highest BCUT2D eigenvalue weighted by Crippen LogP contribution is 2.32. The van der Waals surface area contributed by atoms with Crippen molar-refractivity contribution in [2.45, 2.75) is 45.8 Å². The number of morpholine rings is 1. The van der Waals surface area contributed by atoms with Gasteiger partial charge in [-0.15, -0.1) is 0 Å². The third kappa shape index (κ3) is 3.74. The van der Waals surface area contributed by atoms with Gasteiger partial charge >= 0.3 is 5.69 Å². The van der Waals surface area contributed by atoms with E-state index >= 15 is 0 Å². The van der Waals surface area contributed by atoms with E-state index in [1.807, 2.05) is 43.0 Å². The van der Waals surface area contributed by atoms with Gasteiger partial charge in [0.05, 0.1) is 13.2 Å². The number of benzene rings is 1. The Balaban J connectivity index is 1.76. The second-order valence-electron chi connectivity index (χ2n) is 8.10. The number of hydrogen-bond acceptors (Lipinski definition) is 6. The number of aromatic nitrogens is 2. The van der Waals surface area contributed by atoms with Gasteiger partial charge in [0, 0.05) is 31.4 Å². The van der Waals surface area contributed by atoms with Crippen LogP contribution in [0.25, 0.3) is 0 Å². The Morgan fingerprint density at radius 3 is 2.58 bits per heavy atom. The zero-order valence-electron chi connectivity index (χ0n) is 18.0. The molecule has 1 saturated heterocycles. The number of nitrogen functional groups attached to an aromatic ring is 1. The lowest BCUT2D eigenvalue weighted by Crippen LogP contribution is -2.50. The summed E-state index contributed by atoms with van der Waals surface area (Å²) in [6, 6.07) is 7.70. The highest BCUT2D eigenvalue weighted by Gasteiger charge is 2.32. The summed E-state index contributed by atoms with van der Waals surface area (Å²) in [5, 5.41) is 0. The Morgan fingerprint density at radius 2 is 1.87 bits per heavy atom. The number of anilines is 3. The summed E-state index contributed by atoms with van der Waals surface area (Å²) in [5.41, 5.74) is 7.42. The Hall–Kier alpha value is -3.07. The van der Waals surface area contributed by atoms with Crippen molar-refractivity contribution in [1.82, 2.24) is 9.13 Å². The number of para-hydroxylation sites is 1. The van der Waals surface area contributed by atoms with Crippen molar-refractivity contribution in [2.75, 3.05) is 41.8 Å². The fraction of sp³-hybridized carbons (Fsp3) is 0.500. The molecule has 0 aliphatic carbocycles. The van der Waals surface area contributed by atoms with Gasteiger partial charge in [-0.3, -0.25) is 14.2 Å². The van der Waals surface area contributed by atoms with E-state index in [1.165, 1.54) is 4.57 Å². The van der Waals surface area contributed by atoms with Crippen LogP contribution in [0, 0.1) is 0 Å². The van der Waals surface area contributed by atoms with E-state index in [2.05, 4.69) is 0 Å². The number of carbonyl (C=O) groups is 1.